The summed E-state index contributed by atoms with van der Waals surface area (Å²) in [6.07, 6.45) is -8.13. The van der Waals surface area contributed by atoms with Crippen molar-refractivity contribution in [3.8, 4) is 5.75 Å². The molecule has 1 heterocycles. The molecular weight excluding hydrogens is 279 g/mol. The highest BCUT2D eigenvalue weighted by Gasteiger charge is 2.36. The predicted molar refractivity (Wildman–Crippen MR) is 50.7 cm³/mol. The number of pyridine rings is 1. The van der Waals surface area contributed by atoms with Crippen molar-refractivity contribution in [3.63, 3.8) is 0 Å². The molecule has 5 nitrogen and oxygen atoms in total. The van der Waals surface area contributed by atoms with E-state index in [1.54, 1.807) is 0 Å². The number of hydrogen-bond donors (Lipinski definition) is 2. The van der Waals surface area contributed by atoms with E-state index in [0.717, 1.165) is 0 Å². The molecule has 0 aliphatic carbocycles. The molecule has 19 heavy (non-hydrogen) atoms. The number of aromatic nitrogens is 1. The number of alkyl halides is 5. The molecule has 3 N–H and O–H groups in total. The van der Waals surface area contributed by atoms with Gasteiger partial charge in [0.25, 0.3) is 6.43 Å². The van der Waals surface area contributed by atoms with Crippen LogP contribution in [0.15, 0.2) is 6.20 Å². The van der Waals surface area contributed by atoms with Crippen molar-refractivity contribution in [2.75, 3.05) is 0 Å². The van der Waals surface area contributed by atoms with E-state index in [4.69, 9.17) is 10.8 Å². The van der Waals surface area contributed by atoms with E-state index >= 15 is 0 Å². The number of rotatable bonds is 4. The van der Waals surface area contributed by atoms with Crippen LogP contribution in [0.3, 0.4) is 0 Å². The van der Waals surface area contributed by atoms with E-state index in [9.17, 15) is 26.7 Å². The molecule has 0 aliphatic heterocycles. The summed E-state index contributed by atoms with van der Waals surface area (Å²) < 4.78 is 65.0. The Labute approximate surface area is 102 Å². The number of hydrogen-bond acceptors (Lipinski definition) is 4. The van der Waals surface area contributed by atoms with Crippen molar-refractivity contribution < 1.29 is 36.6 Å². The Morgan fingerprint density at radius 3 is 2.42 bits per heavy atom. The summed E-state index contributed by atoms with van der Waals surface area (Å²) in [5.41, 5.74) is 2.35. The van der Waals surface area contributed by atoms with E-state index in [1.165, 1.54) is 0 Å². The van der Waals surface area contributed by atoms with Crippen LogP contribution in [-0.2, 0) is 6.54 Å². The summed E-state index contributed by atoms with van der Waals surface area (Å²) in [6, 6.07) is 0. The van der Waals surface area contributed by atoms with E-state index in [0.29, 0.717) is 6.20 Å². The van der Waals surface area contributed by atoms with Crippen LogP contribution in [0.5, 0.6) is 5.75 Å². The third-order valence-electron chi connectivity index (χ3n) is 2.02. The zero-order valence-corrected chi connectivity index (χ0v) is 9.04. The Balaban J connectivity index is 3.50. The first-order chi connectivity index (χ1) is 8.67. The first kappa shape index (κ1) is 15.1. The Kier molecular flexibility index (Phi) is 4.24. The highest BCUT2D eigenvalue weighted by atomic mass is 19.4. The molecule has 1 rings (SSSR count). The van der Waals surface area contributed by atoms with E-state index < -0.39 is 47.9 Å². The minimum absolute atomic E-state index is 0.509. The van der Waals surface area contributed by atoms with Crippen LogP contribution in [0.4, 0.5) is 22.0 Å². The zero-order chi connectivity index (χ0) is 14.8. The van der Waals surface area contributed by atoms with Crippen molar-refractivity contribution in [3.05, 3.63) is 23.0 Å². The molecule has 0 fully saturated rings. The molecule has 1 aromatic rings. The molecule has 106 valence electrons. The second-order valence-corrected chi connectivity index (χ2v) is 3.22. The monoisotopic (exact) mass is 286 g/mol. The second-order valence-electron chi connectivity index (χ2n) is 3.22. The van der Waals surface area contributed by atoms with Gasteiger partial charge in [-0.15, -0.1) is 13.2 Å². The van der Waals surface area contributed by atoms with Crippen LogP contribution >= 0.6 is 0 Å². The Morgan fingerprint density at radius 2 is 2.05 bits per heavy atom. The van der Waals surface area contributed by atoms with E-state index in [1.807, 2.05) is 0 Å². The Bertz CT molecular complexity index is 489. The largest absolute Gasteiger partial charge is 0.573 e. The van der Waals surface area contributed by atoms with Gasteiger partial charge in [0.2, 0.25) is 0 Å². The number of halogens is 5. The molecule has 0 amide bonds. The lowest BCUT2D eigenvalue weighted by atomic mass is 10.1. The molecule has 0 saturated heterocycles. The van der Waals surface area contributed by atoms with Crippen LogP contribution in [-0.4, -0.2) is 22.4 Å². The summed E-state index contributed by atoms with van der Waals surface area (Å²) in [7, 11) is 0. The van der Waals surface area contributed by atoms with Crippen LogP contribution in [0, 0.1) is 0 Å². The van der Waals surface area contributed by atoms with Crippen molar-refractivity contribution in [1.29, 1.82) is 0 Å². The Hall–Kier alpha value is -1.97. The van der Waals surface area contributed by atoms with E-state index in [2.05, 4.69) is 9.72 Å². The molecule has 0 saturated carbocycles. The number of ether oxygens (including phenoxy) is 1. The third-order valence-corrected chi connectivity index (χ3v) is 2.02. The molecular formula is C9H7F5N2O3. The van der Waals surface area contributed by atoms with Crippen LogP contribution in [0.1, 0.15) is 28.0 Å². The number of nitrogens with two attached hydrogens (primary N) is 1. The fourth-order valence-corrected chi connectivity index (χ4v) is 1.32. The highest BCUT2D eigenvalue weighted by Crippen LogP contribution is 2.35. The van der Waals surface area contributed by atoms with Crippen molar-refractivity contribution >= 4 is 5.97 Å². The Morgan fingerprint density at radius 1 is 1.47 bits per heavy atom. The van der Waals surface area contributed by atoms with Gasteiger partial charge in [-0.25, -0.2) is 13.6 Å². The van der Waals surface area contributed by atoms with Gasteiger partial charge in [0.1, 0.15) is 5.69 Å². The molecule has 10 heteroatoms. The minimum atomic E-state index is -5.27. The molecule has 0 radical (unpaired) electrons. The highest BCUT2D eigenvalue weighted by molar-refractivity contribution is 5.90. The maximum atomic E-state index is 12.6. The van der Waals surface area contributed by atoms with Gasteiger partial charge in [-0.1, -0.05) is 0 Å². The smallest absolute Gasteiger partial charge is 0.478 e. The van der Waals surface area contributed by atoms with Gasteiger partial charge in [0, 0.05) is 18.3 Å². The normalized spacial score (nSPS) is 11.7. The lowest BCUT2D eigenvalue weighted by Crippen LogP contribution is -2.22. The van der Waals surface area contributed by atoms with Crippen molar-refractivity contribution in [2.45, 2.75) is 19.3 Å². The van der Waals surface area contributed by atoms with Crippen LogP contribution < -0.4 is 10.5 Å². The first-order valence-electron chi connectivity index (χ1n) is 4.66. The molecule has 0 spiro atoms. The average molecular weight is 286 g/mol. The topological polar surface area (TPSA) is 85.4 Å². The molecule has 0 aliphatic rings. The van der Waals surface area contributed by atoms with Crippen LogP contribution in [0.25, 0.3) is 0 Å². The molecule has 0 unspecified atom stereocenters. The van der Waals surface area contributed by atoms with Crippen molar-refractivity contribution in [2.24, 2.45) is 5.73 Å². The minimum Gasteiger partial charge on any atom is -0.478 e. The lowest BCUT2D eigenvalue weighted by molar-refractivity contribution is -0.275. The fourth-order valence-electron chi connectivity index (χ4n) is 1.32. The summed E-state index contributed by atoms with van der Waals surface area (Å²) in [6.45, 7) is -0.727. The van der Waals surface area contributed by atoms with Gasteiger partial charge < -0.3 is 15.6 Å². The molecule has 0 bridgehead atoms. The van der Waals surface area contributed by atoms with Gasteiger partial charge in [-0.2, -0.15) is 0 Å². The summed E-state index contributed by atoms with van der Waals surface area (Å²) in [4.78, 5) is 13.7. The van der Waals surface area contributed by atoms with Gasteiger partial charge >= 0.3 is 12.3 Å². The third kappa shape index (κ3) is 3.50. The number of carbonyl (C=O) groups is 1. The van der Waals surface area contributed by atoms with Crippen LogP contribution in [0.2, 0.25) is 0 Å². The average Bonchev–Trinajstić information content (AvgIpc) is 2.25. The summed E-state index contributed by atoms with van der Waals surface area (Å²) in [5.74, 6) is -3.02. The fraction of sp³-hybridized carbons (Fsp3) is 0.333. The lowest BCUT2D eigenvalue weighted by Gasteiger charge is -2.16. The standard InChI is InChI=1S/C9H7F5N2O3/c10-7(11)5-6(19-9(12,13)14)3(1-15)4(2-16-5)8(17)18/h2,7H,1,15H2,(H,17,18). The molecule has 0 aromatic carbocycles. The van der Waals surface area contributed by atoms with Gasteiger partial charge in [-0.3, -0.25) is 4.98 Å². The maximum absolute atomic E-state index is 12.6. The molecule has 0 atom stereocenters. The van der Waals surface area contributed by atoms with Gasteiger partial charge in [0.05, 0.1) is 5.56 Å². The van der Waals surface area contributed by atoms with E-state index in [-0.39, 0.29) is 0 Å². The quantitative estimate of drug-likeness (QED) is 0.828. The van der Waals surface area contributed by atoms with Gasteiger partial charge in [0.15, 0.2) is 5.75 Å². The number of carboxylic acid groups (broad SMARTS) is 1. The summed E-state index contributed by atoms with van der Waals surface area (Å²) >= 11 is 0. The predicted octanol–water partition coefficient (Wildman–Crippen LogP) is 2.07. The zero-order valence-electron chi connectivity index (χ0n) is 9.04. The SMILES string of the molecule is NCc1c(C(=O)O)cnc(C(F)F)c1OC(F)(F)F. The molecule has 1 aromatic heterocycles. The second kappa shape index (κ2) is 5.34. The van der Waals surface area contributed by atoms with Crippen molar-refractivity contribution in [1.82, 2.24) is 4.98 Å². The maximum Gasteiger partial charge on any atom is 0.573 e. The number of carboxylic acids is 1. The number of nitrogens with zero attached hydrogens (tertiary/aromatic N) is 1. The number of aromatic carboxylic acids is 1. The summed E-state index contributed by atoms with van der Waals surface area (Å²) in [5, 5.41) is 8.73. The van der Waals surface area contributed by atoms with Gasteiger partial charge in [-0.05, 0) is 0 Å². The first-order valence-corrected chi connectivity index (χ1v) is 4.66.